The minimum Gasteiger partial charge on any atom is -0.464 e. The summed E-state index contributed by atoms with van der Waals surface area (Å²) in [7, 11) is 0. The second-order valence-corrected chi connectivity index (χ2v) is 9.69. The molecule has 0 saturated heterocycles. The summed E-state index contributed by atoms with van der Waals surface area (Å²) in [6.45, 7) is 14.4. The first kappa shape index (κ1) is 23.1. The van der Waals surface area contributed by atoms with Crippen molar-refractivity contribution < 1.29 is 19.1 Å². The molecule has 0 aliphatic heterocycles. The molecule has 0 radical (unpaired) electrons. The van der Waals surface area contributed by atoms with Crippen molar-refractivity contribution in [1.82, 2.24) is 0 Å². The van der Waals surface area contributed by atoms with Gasteiger partial charge in [0.1, 0.15) is 18.2 Å². The molecule has 27 heavy (non-hydrogen) atoms. The molecule has 0 fully saturated rings. The van der Waals surface area contributed by atoms with Crippen molar-refractivity contribution >= 4 is 17.5 Å². The van der Waals surface area contributed by atoms with Gasteiger partial charge in [-0.1, -0.05) is 58.0 Å². The lowest BCUT2D eigenvalue weighted by Crippen LogP contribution is -2.38. The van der Waals surface area contributed by atoms with E-state index in [1.54, 1.807) is 27.7 Å². The zero-order chi connectivity index (χ0) is 21.0. The fraction of sp³-hybridized carbons (Fsp3) is 0.609. The second kappa shape index (κ2) is 8.37. The molecule has 4 heteroatoms. The van der Waals surface area contributed by atoms with Gasteiger partial charge in [-0.15, -0.1) is 0 Å². The lowest BCUT2D eigenvalue weighted by molar-refractivity contribution is -0.160. The Hall–Kier alpha value is -1.97. The van der Waals surface area contributed by atoms with Gasteiger partial charge >= 0.3 is 5.97 Å². The highest BCUT2D eigenvalue weighted by Crippen LogP contribution is 2.31. The van der Waals surface area contributed by atoms with Gasteiger partial charge in [0.15, 0.2) is 0 Å². The van der Waals surface area contributed by atoms with Crippen LogP contribution < -0.4 is 0 Å². The summed E-state index contributed by atoms with van der Waals surface area (Å²) in [4.78, 5) is 37.7. The van der Waals surface area contributed by atoms with E-state index in [2.05, 4.69) is 0 Å². The van der Waals surface area contributed by atoms with Crippen molar-refractivity contribution in [2.45, 2.75) is 67.7 Å². The van der Waals surface area contributed by atoms with Gasteiger partial charge in [0, 0.05) is 17.8 Å². The van der Waals surface area contributed by atoms with Crippen LogP contribution in [-0.2, 0) is 19.1 Å². The van der Waals surface area contributed by atoms with Crippen LogP contribution in [0.25, 0.3) is 0 Å². The Morgan fingerprint density at radius 3 is 1.89 bits per heavy atom. The number of ketones is 2. The van der Waals surface area contributed by atoms with Gasteiger partial charge in [-0.2, -0.15) is 0 Å². The molecular formula is C23H34O4. The highest BCUT2D eigenvalue weighted by Gasteiger charge is 2.38. The molecule has 1 aromatic carbocycles. The van der Waals surface area contributed by atoms with Gasteiger partial charge in [0.25, 0.3) is 0 Å². The fourth-order valence-electron chi connectivity index (χ4n) is 2.73. The van der Waals surface area contributed by atoms with Gasteiger partial charge in [0.05, 0.1) is 10.8 Å². The molecule has 0 aliphatic rings. The Morgan fingerprint density at radius 1 is 0.889 bits per heavy atom. The van der Waals surface area contributed by atoms with Crippen LogP contribution in [0.2, 0.25) is 0 Å². The number of esters is 1. The highest BCUT2D eigenvalue weighted by atomic mass is 16.5. The number of hydrogen-bond acceptors (Lipinski definition) is 4. The average molecular weight is 375 g/mol. The maximum atomic E-state index is 12.9. The summed E-state index contributed by atoms with van der Waals surface area (Å²) < 4.78 is 5.48. The number of carbonyl (C=O) groups excluding carboxylic acids is 3. The molecule has 0 amide bonds. The SMILES string of the molecule is CC(C(=O)C(C)(C)COC(=O)C(C)(C)CC(=O)C(C)(C)C)c1ccccc1. The molecule has 1 atom stereocenters. The fourth-order valence-corrected chi connectivity index (χ4v) is 2.73. The molecule has 4 nitrogen and oxygen atoms in total. The van der Waals surface area contributed by atoms with Crippen molar-refractivity contribution in [2.75, 3.05) is 6.61 Å². The molecule has 0 heterocycles. The van der Waals surface area contributed by atoms with Crippen LogP contribution in [0.3, 0.4) is 0 Å². The van der Waals surface area contributed by atoms with Crippen LogP contribution >= 0.6 is 0 Å². The summed E-state index contributed by atoms with van der Waals surface area (Å²) in [5.41, 5.74) is -1.29. The standard InChI is InChI=1S/C23H34O4/c1-16(17-12-10-9-11-13-17)19(25)23(7,8)15-27-20(26)22(5,6)14-18(24)21(2,3)4/h9-13,16H,14-15H2,1-8H3. The Morgan fingerprint density at radius 2 is 1.41 bits per heavy atom. The van der Waals surface area contributed by atoms with E-state index in [4.69, 9.17) is 4.74 Å². The minimum absolute atomic E-state index is 0.00498. The van der Waals surface area contributed by atoms with Crippen LogP contribution in [0.4, 0.5) is 0 Å². The second-order valence-electron chi connectivity index (χ2n) is 9.69. The number of hydrogen-bond donors (Lipinski definition) is 0. The Balaban J connectivity index is 2.75. The van der Waals surface area contributed by atoms with Gasteiger partial charge in [0.2, 0.25) is 0 Å². The highest BCUT2D eigenvalue weighted by molar-refractivity contribution is 5.91. The summed E-state index contributed by atoms with van der Waals surface area (Å²) in [6.07, 6.45) is 0.115. The first-order valence-electron chi connectivity index (χ1n) is 9.48. The minimum atomic E-state index is -0.922. The summed E-state index contributed by atoms with van der Waals surface area (Å²) >= 11 is 0. The predicted molar refractivity (Wildman–Crippen MR) is 107 cm³/mol. The summed E-state index contributed by atoms with van der Waals surface area (Å²) in [6, 6.07) is 9.56. The van der Waals surface area contributed by atoms with Crippen LogP contribution in [-0.4, -0.2) is 24.1 Å². The number of carbonyl (C=O) groups is 3. The third kappa shape index (κ3) is 6.30. The Labute approximate surface area is 163 Å². The maximum absolute atomic E-state index is 12.9. The maximum Gasteiger partial charge on any atom is 0.311 e. The van der Waals surface area contributed by atoms with Crippen molar-refractivity contribution in [3.05, 3.63) is 35.9 Å². The number of rotatable bonds is 8. The van der Waals surface area contributed by atoms with Crippen LogP contribution in [0.1, 0.15) is 73.3 Å². The summed E-state index contributed by atoms with van der Waals surface area (Å²) in [5.74, 6) is -0.703. The molecule has 0 saturated carbocycles. The van der Waals surface area contributed by atoms with Gasteiger partial charge < -0.3 is 4.74 Å². The largest absolute Gasteiger partial charge is 0.464 e. The number of Topliss-reactive ketones (excluding diaryl/α,β-unsaturated/α-hetero) is 2. The van der Waals surface area contributed by atoms with E-state index in [-0.39, 0.29) is 30.5 Å². The molecule has 1 aromatic rings. The van der Waals surface area contributed by atoms with Gasteiger partial charge in [-0.25, -0.2) is 0 Å². The van der Waals surface area contributed by atoms with Crippen LogP contribution in [0, 0.1) is 16.2 Å². The molecule has 0 aromatic heterocycles. The van der Waals surface area contributed by atoms with Crippen molar-refractivity contribution in [3.8, 4) is 0 Å². The lowest BCUT2D eigenvalue weighted by Gasteiger charge is -2.30. The normalized spacial score (nSPS) is 13.8. The van der Waals surface area contributed by atoms with Crippen molar-refractivity contribution in [3.63, 3.8) is 0 Å². The molecule has 1 rings (SSSR count). The molecule has 1 unspecified atom stereocenters. The van der Waals surface area contributed by atoms with Gasteiger partial charge in [-0.3, -0.25) is 14.4 Å². The first-order chi connectivity index (χ1) is 12.2. The van der Waals surface area contributed by atoms with E-state index in [0.29, 0.717) is 0 Å². The quantitative estimate of drug-likeness (QED) is 0.603. The number of benzene rings is 1. The molecular weight excluding hydrogens is 340 g/mol. The lowest BCUT2D eigenvalue weighted by atomic mass is 9.78. The van der Waals surface area contributed by atoms with E-state index in [1.807, 2.05) is 58.0 Å². The van der Waals surface area contributed by atoms with E-state index in [9.17, 15) is 14.4 Å². The van der Waals surface area contributed by atoms with E-state index >= 15 is 0 Å². The monoisotopic (exact) mass is 374 g/mol. The smallest absolute Gasteiger partial charge is 0.311 e. The average Bonchev–Trinajstić information content (AvgIpc) is 2.57. The Bertz CT molecular complexity index is 678. The third-order valence-corrected chi connectivity index (χ3v) is 4.92. The predicted octanol–water partition coefficient (Wildman–Crippen LogP) is 4.96. The topological polar surface area (TPSA) is 60.4 Å². The van der Waals surface area contributed by atoms with Crippen molar-refractivity contribution in [2.24, 2.45) is 16.2 Å². The number of ether oxygens (including phenoxy) is 1. The first-order valence-corrected chi connectivity index (χ1v) is 9.48. The molecule has 0 bridgehead atoms. The van der Waals surface area contributed by atoms with E-state index in [1.165, 1.54) is 0 Å². The molecule has 0 N–H and O–H groups in total. The Kier molecular flexibility index (Phi) is 7.15. The van der Waals surface area contributed by atoms with Crippen molar-refractivity contribution in [1.29, 1.82) is 0 Å². The zero-order valence-electron chi connectivity index (χ0n) is 18.0. The third-order valence-electron chi connectivity index (χ3n) is 4.92. The summed E-state index contributed by atoms with van der Waals surface area (Å²) in [5, 5.41) is 0. The molecule has 0 spiro atoms. The van der Waals surface area contributed by atoms with Crippen LogP contribution in [0.15, 0.2) is 30.3 Å². The van der Waals surface area contributed by atoms with E-state index < -0.39 is 22.2 Å². The van der Waals surface area contributed by atoms with Crippen LogP contribution in [0.5, 0.6) is 0 Å². The van der Waals surface area contributed by atoms with E-state index in [0.717, 1.165) is 5.56 Å². The molecule has 0 aliphatic carbocycles. The zero-order valence-corrected chi connectivity index (χ0v) is 18.0. The van der Waals surface area contributed by atoms with Gasteiger partial charge in [-0.05, 0) is 33.3 Å². The molecule has 150 valence electrons.